The Labute approximate surface area is 148 Å². The number of ketones is 1. The molecule has 138 valence electrons. The van der Waals surface area contributed by atoms with Crippen LogP contribution in [-0.2, 0) is 14.3 Å². The Kier molecular flexibility index (Phi) is 15.5. The molecule has 0 saturated heterocycles. The minimum Gasteiger partial charge on any atom is -0.458 e. The third kappa shape index (κ3) is 17.0. The fourth-order valence-corrected chi connectivity index (χ4v) is 2.52. The zero-order chi connectivity index (χ0) is 18.0. The molecule has 0 spiro atoms. The molecule has 0 aromatic heterocycles. The van der Waals surface area contributed by atoms with Crippen molar-refractivity contribution in [2.45, 2.75) is 97.5 Å². The van der Waals surface area contributed by atoms with Gasteiger partial charge < -0.3 is 9.53 Å². The molecule has 24 heavy (non-hydrogen) atoms. The molecule has 0 aliphatic rings. The molecule has 0 radical (unpaired) electrons. The van der Waals surface area contributed by atoms with Gasteiger partial charge in [0.05, 0.1) is 0 Å². The largest absolute Gasteiger partial charge is 0.458 e. The molecule has 1 atom stereocenters. The molecule has 3 heteroatoms. The molecular weight excluding hydrogens is 300 g/mol. The van der Waals surface area contributed by atoms with E-state index in [0.717, 1.165) is 38.5 Å². The maximum Gasteiger partial charge on any atom is 0.303 e. The SMILES string of the molecule is CCCCC(/C=C/C=C/CCCCCCCCC(C)=O)OC(C)=O. The molecule has 0 aromatic rings. The van der Waals surface area contributed by atoms with Gasteiger partial charge in [-0.25, -0.2) is 0 Å². The second-order valence-electron chi connectivity index (χ2n) is 6.47. The quantitative estimate of drug-likeness (QED) is 0.211. The molecule has 0 rings (SSSR count). The molecule has 0 saturated carbocycles. The third-order valence-electron chi connectivity index (χ3n) is 3.88. The highest BCUT2D eigenvalue weighted by Gasteiger charge is 2.06. The summed E-state index contributed by atoms with van der Waals surface area (Å²) >= 11 is 0. The summed E-state index contributed by atoms with van der Waals surface area (Å²) in [6.07, 6.45) is 20.2. The van der Waals surface area contributed by atoms with Crippen LogP contribution in [0.2, 0.25) is 0 Å². The van der Waals surface area contributed by atoms with Gasteiger partial charge in [0.15, 0.2) is 0 Å². The van der Waals surface area contributed by atoms with Crippen molar-refractivity contribution >= 4 is 11.8 Å². The topological polar surface area (TPSA) is 43.4 Å². The van der Waals surface area contributed by atoms with Gasteiger partial charge in [0.25, 0.3) is 0 Å². The number of ether oxygens (including phenoxy) is 1. The van der Waals surface area contributed by atoms with Gasteiger partial charge in [-0.15, -0.1) is 0 Å². The van der Waals surface area contributed by atoms with Gasteiger partial charge >= 0.3 is 5.97 Å². The predicted octanol–water partition coefficient (Wildman–Crippen LogP) is 5.93. The third-order valence-corrected chi connectivity index (χ3v) is 3.88. The number of esters is 1. The lowest BCUT2D eigenvalue weighted by molar-refractivity contribution is -0.144. The summed E-state index contributed by atoms with van der Waals surface area (Å²) in [5.74, 6) is 0.0897. The van der Waals surface area contributed by atoms with Gasteiger partial charge in [-0.1, -0.05) is 57.3 Å². The highest BCUT2D eigenvalue weighted by atomic mass is 16.5. The number of hydrogen-bond donors (Lipinski definition) is 0. The summed E-state index contributed by atoms with van der Waals surface area (Å²) in [5, 5.41) is 0. The van der Waals surface area contributed by atoms with E-state index in [0.29, 0.717) is 5.78 Å². The number of hydrogen-bond acceptors (Lipinski definition) is 3. The first-order valence-corrected chi connectivity index (χ1v) is 9.56. The standard InChI is InChI=1S/C21H36O3/c1-4-5-17-21(24-20(3)23)18-15-13-11-9-7-6-8-10-12-14-16-19(2)22/h11,13,15,18,21H,4-10,12,14,16-17H2,1-3H3/b13-11+,18-15+. The number of allylic oxidation sites excluding steroid dienone is 3. The number of Topliss-reactive ketones (excluding diaryl/α,β-unsaturated/α-hetero) is 1. The predicted molar refractivity (Wildman–Crippen MR) is 101 cm³/mol. The molecule has 0 aliphatic heterocycles. The lowest BCUT2D eigenvalue weighted by atomic mass is 10.1. The maximum atomic E-state index is 11.1. The first kappa shape index (κ1) is 22.6. The van der Waals surface area contributed by atoms with Crippen molar-refractivity contribution in [1.29, 1.82) is 0 Å². The van der Waals surface area contributed by atoms with Crippen molar-refractivity contribution < 1.29 is 14.3 Å². The second-order valence-corrected chi connectivity index (χ2v) is 6.47. The summed E-state index contributed by atoms with van der Waals surface area (Å²) in [4.78, 5) is 21.9. The van der Waals surface area contributed by atoms with Gasteiger partial charge in [-0.3, -0.25) is 4.79 Å². The van der Waals surface area contributed by atoms with Crippen LogP contribution in [0, 0.1) is 0 Å². The lowest BCUT2D eigenvalue weighted by Gasteiger charge is -2.11. The molecule has 3 nitrogen and oxygen atoms in total. The normalized spacial score (nSPS) is 12.8. The van der Waals surface area contributed by atoms with E-state index in [1.165, 1.54) is 39.0 Å². The number of unbranched alkanes of at least 4 members (excludes halogenated alkanes) is 7. The fourth-order valence-electron chi connectivity index (χ4n) is 2.52. The highest BCUT2D eigenvalue weighted by Crippen LogP contribution is 2.10. The van der Waals surface area contributed by atoms with E-state index in [1.807, 2.05) is 12.2 Å². The van der Waals surface area contributed by atoms with Crippen molar-refractivity contribution in [2.24, 2.45) is 0 Å². The maximum absolute atomic E-state index is 11.1. The van der Waals surface area contributed by atoms with Gasteiger partial charge in [-0.05, 0) is 45.1 Å². The van der Waals surface area contributed by atoms with Crippen LogP contribution in [0.5, 0.6) is 0 Å². The van der Waals surface area contributed by atoms with Crippen LogP contribution >= 0.6 is 0 Å². The zero-order valence-corrected chi connectivity index (χ0v) is 15.9. The van der Waals surface area contributed by atoms with Crippen molar-refractivity contribution in [2.75, 3.05) is 0 Å². The van der Waals surface area contributed by atoms with Gasteiger partial charge in [0.2, 0.25) is 0 Å². The van der Waals surface area contributed by atoms with E-state index >= 15 is 0 Å². The average Bonchev–Trinajstić information content (AvgIpc) is 2.52. The summed E-state index contributed by atoms with van der Waals surface area (Å²) in [6.45, 7) is 5.26. The minimum atomic E-state index is -0.215. The van der Waals surface area contributed by atoms with Crippen molar-refractivity contribution in [3.05, 3.63) is 24.3 Å². The molecular formula is C21H36O3. The Morgan fingerprint density at radius 3 is 2.21 bits per heavy atom. The summed E-state index contributed by atoms with van der Waals surface area (Å²) in [5.41, 5.74) is 0. The smallest absolute Gasteiger partial charge is 0.303 e. The van der Waals surface area contributed by atoms with Crippen LogP contribution in [0.1, 0.15) is 91.4 Å². The Morgan fingerprint density at radius 2 is 1.58 bits per heavy atom. The van der Waals surface area contributed by atoms with Gasteiger partial charge in [-0.2, -0.15) is 0 Å². The van der Waals surface area contributed by atoms with E-state index in [2.05, 4.69) is 19.1 Å². The Morgan fingerprint density at radius 1 is 0.917 bits per heavy atom. The first-order valence-electron chi connectivity index (χ1n) is 9.56. The van der Waals surface area contributed by atoms with Crippen molar-refractivity contribution in [3.63, 3.8) is 0 Å². The fraction of sp³-hybridized carbons (Fsp3) is 0.714. The van der Waals surface area contributed by atoms with Crippen LogP contribution in [0.3, 0.4) is 0 Å². The summed E-state index contributed by atoms with van der Waals surface area (Å²) < 4.78 is 5.28. The van der Waals surface area contributed by atoms with E-state index in [1.54, 1.807) is 6.92 Å². The molecule has 0 amide bonds. The zero-order valence-electron chi connectivity index (χ0n) is 15.9. The van der Waals surface area contributed by atoms with Crippen LogP contribution in [0.15, 0.2) is 24.3 Å². The van der Waals surface area contributed by atoms with E-state index in [9.17, 15) is 9.59 Å². The van der Waals surface area contributed by atoms with Crippen molar-refractivity contribution in [3.8, 4) is 0 Å². The minimum absolute atomic E-state index is 0.0953. The summed E-state index contributed by atoms with van der Waals surface area (Å²) in [7, 11) is 0. The molecule has 0 bridgehead atoms. The monoisotopic (exact) mass is 336 g/mol. The average molecular weight is 337 g/mol. The number of carbonyl (C=O) groups is 2. The van der Waals surface area contributed by atoms with Gasteiger partial charge in [0.1, 0.15) is 11.9 Å². The molecule has 1 unspecified atom stereocenters. The molecule has 0 N–H and O–H groups in total. The summed E-state index contributed by atoms with van der Waals surface area (Å²) in [6, 6.07) is 0. The van der Waals surface area contributed by atoms with Crippen LogP contribution in [-0.4, -0.2) is 17.9 Å². The highest BCUT2D eigenvalue weighted by molar-refractivity contribution is 5.75. The Balaban J connectivity index is 3.67. The van der Waals surface area contributed by atoms with Crippen LogP contribution < -0.4 is 0 Å². The molecule has 0 aromatic carbocycles. The number of carbonyl (C=O) groups excluding carboxylic acids is 2. The van der Waals surface area contributed by atoms with Crippen LogP contribution in [0.25, 0.3) is 0 Å². The Hall–Kier alpha value is -1.38. The van der Waals surface area contributed by atoms with Gasteiger partial charge in [0, 0.05) is 13.3 Å². The first-order chi connectivity index (χ1) is 11.6. The lowest BCUT2D eigenvalue weighted by Crippen LogP contribution is -2.13. The number of rotatable bonds is 15. The molecule has 0 aliphatic carbocycles. The second kappa shape index (κ2) is 16.5. The Bertz CT molecular complexity index is 383. The van der Waals surface area contributed by atoms with E-state index < -0.39 is 0 Å². The van der Waals surface area contributed by atoms with E-state index in [4.69, 9.17) is 4.74 Å². The van der Waals surface area contributed by atoms with Crippen LogP contribution in [0.4, 0.5) is 0 Å². The van der Waals surface area contributed by atoms with Crippen molar-refractivity contribution in [1.82, 2.24) is 0 Å². The molecule has 0 fully saturated rings. The van der Waals surface area contributed by atoms with E-state index in [-0.39, 0.29) is 12.1 Å². The molecule has 0 heterocycles.